The quantitative estimate of drug-likeness (QED) is 0.672. The lowest BCUT2D eigenvalue weighted by Gasteiger charge is -2.03. The molecule has 5 nitrogen and oxygen atoms in total. The fourth-order valence-corrected chi connectivity index (χ4v) is 1.14. The summed E-state index contributed by atoms with van der Waals surface area (Å²) in [6.45, 7) is -0.308. The van der Waals surface area contributed by atoms with Crippen LogP contribution in [0.4, 0.5) is 0 Å². The standard InChI is InChI=1S/C11H14N2O3/c12-10(14)8-16-13-11(15)7-6-9-4-2-1-3-5-9/h1-5H,6-8H2,(H2,12,14)(H,13,15). The third-order valence-corrected chi connectivity index (χ3v) is 1.88. The van der Waals surface area contributed by atoms with E-state index in [1.807, 2.05) is 30.3 Å². The van der Waals surface area contributed by atoms with Gasteiger partial charge >= 0.3 is 0 Å². The highest BCUT2D eigenvalue weighted by Crippen LogP contribution is 2.01. The highest BCUT2D eigenvalue weighted by atomic mass is 16.7. The first kappa shape index (κ1) is 12.2. The molecule has 0 heterocycles. The number of benzene rings is 1. The summed E-state index contributed by atoms with van der Waals surface area (Å²) in [6.07, 6.45) is 0.940. The minimum absolute atomic E-state index is 0.273. The van der Waals surface area contributed by atoms with Gasteiger partial charge in [-0.2, -0.15) is 0 Å². The van der Waals surface area contributed by atoms with Gasteiger partial charge in [-0.1, -0.05) is 30.3 Å². The normalized spacial score (nSPS) is 9.75. The Morgan fingerprint density at radius 1 is 1.25 bits per heavy atom. The average Bonchev–Trinajstić information content (AvgIpc) is 2.27. The highest BCUT2D eigenvalue weighted by molar-refractivity contribution is 5.77. The van der Waals surface area contributed by atoms with Crippen LogP contribution in [0.1, 0.15) is 12.0 Å². The van der Waals surface area contributed by atoms with Gasteiger partial charge < -0.3 is 5.73 Å². The molecule has 16 heavy (non-hydrogen) atoms. The number of nitrogens with one attached hydrogen (secondary N) is 1. The molecule has 1 aromatic carbocycles. The predicted molar refractivity (Wildman–Crippen MR) is 58.1 cm³/mol. The van der Waals surface area contributed by atoms with Gasteiger partial charge in [-0.05, 0) is 12.0 Å². The van der Waals surface area contributed by atoms with Gasteiger partial charge in [0.25, 0.3) is 0 Å². The molecule has 5 heteroatoms. The van der Waals surface area contributed by atoms with Crippen molar-refractivity contribution in [3.05, 3.63) is 35.9 Å². The lowest BCUT2D eigenvalue weighted by Crippen LogP contribution is -2.29. The summed E-state index contributed by atoms with van der Waals surface area (Å²) in [7, 11) is 0. The van der Waals surface area contributed by atoms with E-state index in [2.05, 4.69) is 10.3 Å². The van der Waals surface area contributed by atoms with Gasteiger partial charge in [-0.3, -0.25) is 14.4 Å². The van der Waals surface area contributed by atoms with E-state index in [0.29, 0.717) is 12.8 Å². The molecule has 1 rings (SSSR count). The minimum Gasteiger partial charge on any atom is -0.368 e. The second kappa shape index (κ2) is 6.58. The first-order valence-electron chi connectivity index (χ1n) is 4.91. The van der Waals surface area contributed by atoms with E-state index in [1.165, 1.54) is 0 Å². The molecular weight excluding hydrogens is 208 g/mol. The van der Waals surface area contributed by atoms with E-state index in [0.717, 1.165) is 5.56 Å². The number of hydrogen-bond donors (Lipinski definition) is 2. The zero-order chi connectivity index (χ0) is 11.8. The summed E-state index contributed by atoms with van der Waals surface area (Å²) in [5.74, 6) is -0.895. The highest BCUT2D eigenvalue weighted by Gasteiger charge is 2.02. The maximum Gasteiger partial charge on any atom is 0.246 e. The molecule has 0 atom stereocenters. The monoisotopic (exact) mass is 222 g/mol. The molecule has 0 aliphatic carbocycles. The molecule has 86 valence electrons. The van der Waals surface area contributed by atoms with Gasteiger partial charge in [-0.15, -0.1) is 0 Å². The Morgan fingerprint density at radius 3 is 2.56 bits per heavy atom. The number of amides is 2. The Hall–Kier alpha value is -1.88. The van der Waals surface area contributed by atoms with Crippen LogP contribution < -0.4 is 11.2 Å². The molecule has 0 spiro atoms. The fraction of sp³-hybridized carbons (Fsp3) is 0.273. The largest absolute Gasteiger partial charge is 0.368 e. The molecule has 0 saturated carbocycles. The number of rotatable bonds is 6. The van der Waals surface area contributed by atoms with Crippen molar-refractivity contribution >= 4 is 11.8 Å². The van der Waals surface area contributed by atoms with Crippen LogP contribution in [0.15, 0.2) is 30.3 Å². The predicted octanol–water partition coefficient (Wildman–Crippen LogP) is 0.152. The van der Waals surface area contributed by atoms with Crippen molar-refractivity contribution in [2.24, 2.45) is 5.73 Å². The number of primary amides is 1. The molecule has 0 saturated heterocycles. The Kier molecular flexibility index (Phi) is 5.01. The summed E-state index contributed by atoms with van der Waals surface area (Å²) in [5.41, 5.74) is 8.05. The Morgan fingerprint density at radius 2 is 1.94 bits per heavy atom. The Balaban J connectivity index is 2.18. The zero-order valence-corrected chi connectivity index (χ0v) is 8.81. The van der Waals surface area contributed by atoms with Crippen LogP contribution in [0, 0.1) is 0 Å². The van der Waals surface area contributed by atoms with Crippen molar-refractivity contribution in [3.8, 4) is 0 Å². The fourth-order valence-electron chi connectivity index (χ4n) is 1.14. The Bertz CT molecular complexity index is 352. The van der Waals surface area contributed by atoms with E-state index in [-0.39, 0.29) is 12.5 Å². The second-order valence-electron chi connectivity index (χ2n) is 3.27. The molecule has 0 radical (unpaired) electrons. The first-order chi connectivity index (χ1) is 7.68. The van der Waals surface area contributed by atoms with E-state index in [9.17, 15) is 9.59 Å². The van der Waals surface area contributed by atoms with Gasteiger partial charge in [0, 0.05) is 6.42 Å². The molecule has 0 unspecified atom stereocenters. The van der Waals surface area contributed by atoms with Gasteiger partial charge in [0.2, 0.25) is 11.8 Å². The lowest BCUT2D eigenvalue weighted by atomic mass is 10.1. The van der Waals surface area contributed by atoms with Gasteiger partial charge in [0.15, 0.2) is 6.61 Å². The summed E-state index contributed by atoms with van der Waals surface area (Å²) in [6, 6.07) is 9.63. The topological polar surface area (TPSA) is 81.4 Å². The minimum atomic E-state index is -0.622. The first-order valence-corrected chi connectivity index (χ1v) is 4.91. The van der Waals surface area contributed by atoms with Crippen molar-refractivity contribution in [1.82, 2.24) is 5.48 Å². The van der Waals surface area contributed by atoms with E-state index < -0.39 is 5.91 Å². The Labute approximate surface area is 93.5 Å². The van der Waals surface area contributed by atoms with Crippen LogP contribution in [-0.4, -0.2) is 18.4 Å². The SMILES string of the molecule is NC(=O)CONC(=O)CCc1ccccc1. The second-order valence-corrected chi connectivity index (χ2v) is 3.27. The van der Waals surface area contributed by atoms with Crippen LogP contribution >= 0.6 is 0 Å². The van der Waals surface area contributed by atoms with Crippen molar-refractivity contribution in [2.45, 2.75) is 12.8 Å². The van der Waals surface area contributed by atoms with Crippen molar-refractivity contribution in [3.63, 3.8) is 0 Å². The summed E-state index contributed by atoms with van der Waals surface area (Å²) in [5, 5.41) is 0. The van der Waals surface area contributed by atoms with Gasteiger partial charge in [0.05, 0.1) is 0 Å². The smallest absolute Gasteiger partial charge is 0.246 e. The third kappa shape index (κ3) is 5.11. The molecule has 0 aliphatic rings. The molecular formula is C11H14N2O3. The van der Waals surface area contributed by atoms with Crippen LogP contribution in [0.5, 0.6) is 0 Å². The van der Waals surface area contributed by atoms with Crippen LogP contribution in [0.3, 0.4) is 0 Å². The molecule has 2 amide bonds. The number of carbonyl (C=O) groups is 2. The summed E-state index contributed by atoms with van der Waals surface area (Å²) in [4.78, 5) is 26.1. The molecule has 0 aliphatic heterocycles. The molecule has 0 fully saturated rings. The molecule has 1 aromatic rings. The molecule has 0 aromatic heterocycles. The zero-order valence-electron chi connectivity index (χ0n) is 8.81. The lowest BCUT2D eigenvalue weighted by molar-refractivity contribution is -0.137. The van der Waals surface area contributed by atoms with Crippen molar-refractivity contribution in [2.75, 3.05) is 6.61 Å². The van der Waals surface area contributed by atoms with Crippen LogP contribution in [0.25, 0.3) is 0 Å². The average molecular weight is 222 g/mol. The number of aryl methyl sites for hydroxylation is 1. The van der Waals surface area contributed by atoms with Crippen molar-refractivity contribution in [1.29, 1.82) is 0 Å². The number of carbonyl (C=O) groups excluding carboxylic acids is 2. The number of hydrogen-bond acceptors (Lipinski definition) is 3. The van der Waals surface area contributed by atoms with Crippen molar-refractivity contribution < 1.29 is 14.4 Å². The number of nitrogens with two attached hydrogens (primary N) is 1. The van der Waals surface area contributed by atoms with Crippen LogP contribution in [0.2, 0.25) is 0 Å². The molecule has 0 bridgehead atoms. The van der Waals surface area contributed by atoms with Gasteiger partial charge in [0.1, 0.15) is 0 Å². The summed E-state index contributed by atoms with van der Waals surface area (Å²) < 4.78 is 0. The van der Waals surface area contributed by atoms with Crippen LogP contribution in [-0.2, 0) is 20.8 Å². The van der Waals surface area contributed by atoms with E-state index in [4.69, 9.17) is 5.73 Å². The third-order valence-electron chi connectivity index (χ3n) is 1.88. The maximum atomic E-state index is 11.2. The summed E-state index contributed by atoms with van der Waals surface area (Å²) >= 11 is 0. The van der Waals surface area contributed by atoms with Gasteiger partial charge in [-0.25, -0.2) is 5.48 Å². The number of hydroxylamine groups is 1. The van der Waals surface area contributed by atoms with E-state index >= 15 is 0 Å². The molecule has 3 N–H and O–H groups in total. The maximum absolute atomic E-state index is 11.2. The van der Waals surface area contributed by atoms with E-state index in [1.54, 1.807) is 0 Å².